The molecule has 0 aliphatic heterocycles. The van der Waals surface area contributed by atoms with E-state index < -0.39 is 94.6 Å². The van der Waals surface area contributed by atoms with Crippen LogP contribution in [0.4, 0.5) is 0 Å². The van der Waals surface area contributed by atoms with Crippen molar-refractivity contribution < 1.29 is 57.2 Å². The van der Waals surface area contributed by atoms with E-state index in [0.29, 0.717) is 0 Å². The first-order chi connectivity index (χ1) is 19.2. The maximum Gasteiger partial charge on any atom is 0.303 e. The van der Waals surface area contributed by atoms with Crippen LogP contribution in [0.1, 0.15) is 68.7 Å². The monoisotopic (exact) mass is 592 g/mol. The molecule has 0 unspecified atom stereocenters. The topological polar surface area (TPSA) is 166 Å². The van der Waals surface area contributed by atoms with Crippen LogP contribution in [0.3, 0.4) is 0 Å². The van der Waals surface area contributed by atoms with Gasteiger partial charge in [0.2, 0.25) is 6.10 Å². The first kappa shape index (κ1) is 34.4. The second-order valence-electron chi connectivity index (χ2n) is 11.5. The highest BCUT2D eigenvalue weighted by molar-refractivity contribution is 5.95. The van der Waals surface area contributed by atoms with E-state index in [0.717, 1.165) is 34.6 Å². The number of ketones is 2. The van der Waals surface area contributed by atoms with Crippen LogP contribution in [0.15, 0.2) is 24.3 Å². The van der Waals surface area contributed by atoms with Crippen LogP contribution >= 0.6 is 0 Å². The van der Waals surface area contributed by atoms with Crippen LogP contribution in [0.25, 0.3) is 0 Å². The molecule has 12 nitrogen and oxygen atoms in total. The predicted molar refractivity (Wildman–Crippen MR) is 145 cm³/mol. The highest BCUT2D eigenvalue weighted by Gasteiger charge is 2.65. The smallest absolute Gasteiger partial charge is 0.303 e. The second kappa shape index (κ2) is 13.0. The largest absolute Gasteiger partial charge is 0.462 e. The molecule has 1 fully saturated rings. The van der Waals surface area contributed by atoms with Crippen molar-refractivity contribution in [2.45, 2.75) is 98.8 Å². The third-order valence-electron chi connectivity index (χ3n) is 7.44. The highest BCUT2D eigenvalue weighted by atomic mass is 16.6. The molecule has 0 heterocycles. The summed E-state index contributed by atoms with van der Waals surface area (Å²) in [5.74, 6) is -8.45. The third kappa shape index (κ3) is 7.32. The first-order valence-electron chi connectivity index (χ1n) is 13.6. The maximum atomic E-state index is 14.3. The number of allylic oxidation sites excluding steroid dienone is 2. The molecule has 0 bridgehead atoms. The van der Waals surface area contributed by atoms with E-state index in [9.17, 15) is 33.6 Å². The summed E-state index contributed by atoms with van der Waals surface area (Å²) in [4.78, 5) is 90.0. The Balaban J connectivity index is 3.07. The molecule has 0 N–H and O–H groups in total. The second-order valence-corrected chi connectivity index (χ2v) is 11.5. The zero-order valence-corrected chi connectivity index (χ0v) is 25.5. The molecule has 2 aliphatic rings. The Morgan fingerprint density at radius 2 is 1.21 bits per heavy atom. The van der Waals surface area contributed by atoms with Crippen LogP contribution in [-0.2, 0) is 57.2 Å². The van der Waals surface area contributed by atoms with Gasteiger partial charge in [-0.3, -0.25) is 33.6 Å². The zero-order chi connectivity index (χ0) is 32.3. The number of carbonyl (C=O) groups is 7. The van der Waals surface area contributed by atoms with Gasteiger partial charge in [0.1, 0.15) is 12.2 Å². The molecule has 8 atom stereocenters. The lowest BCUT2D eigenvalue weighted by Gasteiger charge is -2.42. The highest BCUT2D eigenvalue weighted by Crippen LogP contribution is 2.51. The van der Waals surface area contributed by atoms with E-state index in [2.05, 4.69) is 6.58 Å². The Kier molecular flexibility index (Phi) is 10.6. The van der Waals surface area contributed by atoms with Crippen molar-refractivity contribution in [2.24, 2.45) is 23.2 Å². The summed E-state index contributed by atoms with van der Waals surface area (Å²) in [5, 5.41) is 0. The van der Waals surface area contributed by atoms with Crippen LogP contribution < -0.4 is 0 Å². The Morgan fingerprint density at radius 1 is 0.738 bits per heavy atom. The fraction of sp³-hybridized carbons (Fsp3) is 0.633. The number of carbonyl (C=O) groups excluding carboxylic acids is 7. The van der Waals surface area contributed by atoms with Gasteiger partial charge in [-0.15, -0.1) is 0 Å². The number of rotatable bonds is 5. The number of fused-ring (bicyclic) bond motifs is 1. The average molecular weight is 593 g/mol. The minimum atomic E-state index is -2.01. The number of hydrogen-bond donors (Lipinski definition) is 0. The summed E-state index contributed by atoms with van der Waals surface area (Å²) < 4.78 is 28.0. The number of ether oxygens (including phenoxy) is 5. The normalized spacial score (nSPS) is 33.6. The molecular weight excluding hydrogens is 552 g/mol. The van der Waals surface area contributed by atoms with Crippen molar-refractivity contribution >= 4 is 41.4 Å². The van der Waals surface area contributed by atoms with Gasteiger partial charge < -0.3 is 23.7 Å². The summed E-state index contributed by atoms with van der Waals surface area (Å²) in [6, 6.07) is 0. The lowest BCUT2D eigenvalue weighted by atomic mass is 9.72. The Bertz CT molecular complexity index is 1200. The van der Waals surface area contributed by atoms with Gasteiger partial charge in [-0.2, -0.15) is 0 Å². The van der Waals surface area contributed by atoms with Gasteiger partial charge in [0.05, 0.1) is 5.92 Å². The van der Waals surface area contributed by atoms with Crippen LogP contribution in [0.5, 0.6) is 0 Å². The minimum absolute atomic E-state index is 0.120. The van der Waals surface area contributed by atoms with Crippen molar-refractivity contribution in [1.29, 1.82) is 0 Å². The van der Waals surface area contributed by atoms with Crippen molar-refractivity contribution in [2.75, 3.05) is 0 Å². The van der Waals surface area contributed by atoms with E-state index in [-0.39, 0.29) is 12.0 Å². The molecule has 0 aromatic carbocycles. The molecule has 0 radical (unpaired) electrons. The average Bonchev–Trinajstić information content (AvgIpc) is 3.10. The van der Waals surface area contributed by atoms with E-state index in [1.807, 2.05) is 0 Å². The summed E-state index contributed by atoms with van der Waals surface area (Å²) >= 11 is 0. The molecule has 0 aromatic rings. The van der Waals surface area contributed by atoms with Gasteiger partial charge in [-0.1, -0.05) is 32.6 Å². The van der Waals surface area contributed by atoms with Gasteiger partial charge in [0, 0.05) is 57.9 Å². The van der Waals surface area contributed by atoms with E-state index in [1.54, 1.807) is 6.92 Å². The molecule has 232 valence electrons. The van der Waals surface area contributed by atoms with Gasteiger partial charge in [-0.05, 0) is 19.8 Å². The lowest BCUT2D eigenvalue weighted by Crippen LogP contribution is -2.58. The van der Waals surface area contributed by atoms with Crippen LogP contribution in [0.2, 0.25) is 0 Å². The molecule has 0 aromatic heterocycles. The number of Topliss-reactive ketones (excluding diaryl/α,β-unsaturated/α-hetero) is 2. The van der Waals surface area contributed by atoms with Crippen molar-refractivity contribution in [3.63, 3.8) is 0 Å². The van der Waals surface area contributed by atoms with E-state index >= 15 is 0 Å². The quantitative estimate of drug-likeness (QED) is 0.261. The maximum absolute atomic E-state index is 14.3. The molecule has 0 spiro atoms. The molecule has 12 heteroatoms. The Hall–Kier alpha value is -3.83. The fourth-order valence-electron chi connectivity index (χ4n) is 5.80. The van der Waals surface area contributed by atoms with Crippen LogP contribution in [-0.4, -0.2) is 71.4 Å². The molecule has 42 heavy (non-hydrogen) atoms. The predicted octanol–water partition coefficient (Wildman–Crippen LogP) is 2.60. The van der Waals surface area contributed by atoms with Crippen molar-refractivity contribution in [3.8, 4) is 0 Å². The summed E-state index contributed by atoms with van der Waals surface area (Å²) in [7, 11) is 0. The standard InChI is InChI=1S/C30H40O12/c1-14-11-12-29(9,10)28(37)26(41-20(7)34)25(40-19(6)33)16(3)24(39-18(5)32)22-23(38-17(4)31)15(2)13-30(22,27(14)36)42-21(8)35/h11-12,14-15,22-26H,3,13H2,1-2,4-10H3/b12-11-/t14-,15-,22+,23-,24-,25-,26+,30+/m0/s1. The number of hydrogen-bond acceptors (Lipinski definition) is 12. The SMILES string of the molecule is C=C1[C@H](OC(C)=O)[C@H]2[C@@H](OC(C)=O)[C@@H](C)C[C@]2(OC(C)=O)C(=O)[C@@H](C)/C=C\C(C)(C)C(=O)[C@H](OC(C)=O)[C@H]1OC(C)=O. The number of esters is 5. The zero-order valence-electron chi connectivity index (χ0n) is 25.5. The van der Waals surface area contributed by atoms with Gasteiger partial charge in [0.25, 0.3) is 0 Å². The fourth-order valence-corrected chi connectivity index (χ4v) is 5.80. The molecular formula is C30H40O12. The van der Waals surface area contributed by atoms with Crippen molar-refractivity contribution in [1.82, 2.24) is 0 Å². The molecule has 2 aliphatic carbocycles. The minimum Gasteiger partial charge on any atom is -0.462 e. The lowest BCUT2D eigenvalue weighted by molar-refractivity contribution is -0.187. The summed E-state index contributed by atoms with van der Waals surface area (Å²) in [6.45, 7) is 15.7. The summed E-state index contributed by atoms with van der Waals surface area (Å²) in [5.41, 5.74) is -3.64. The molecule has 0 amide bonds. The Labute approximate surface area is 245 Å². The third-order valence-corrected chi connectivity index (χ3v) is 7.44. The molecule has 0 saturated heterocycles. The van der Waals surface area contributed by atoms with Gasteiger partial charge in [0.15, 0.2) is 23.3 Å². The van der Waals surface area contributed by atoms with Crippen LogP contribution in [0, 0.1) is 23.2 Å². The van der Waals surface area contributed by atoms with E-state index in [1.165, 1.54) is 32.9 Å². The first-order valence-corrected chi connectivity index (χ1v) is 13.6. The summed E-state index contributed by atoms with van der Waals surface area (Å²) in [6.07, 6.45) is -3.48. The van der Waals surface area contributed by atoms with Crippen molar-refractivity contribution in [3.05, 3.63) is 24.3 Å². The Morgan fingerprint density at radius 3 is 1.69 bits per heavy atom. The molecule has 2 rings (SSSR count). The van der Waals surface area contributed by atoms with Gasteiger partial charge in [-0.25, -0.2) is 0 Å². The molecule has 1 saturated carbocycles. The van der Waals surface area contributed by atoms with E-state index in [4.69, 9.17) is 23.7 Å². The van der Waals surface area contributed by atoms with Gasteiger partial charge >= 0.3 is 29.8 Å².